The second-order valence-electron chi connectivity index (χ2n) is 7.37. The van der Waals surface area contributed by atoms with E-state index in [2.05, 4.69) is 28.0 Å². The SMILES string of the molecule is CCN(CCCC1OCC(c2cccc3cc(OC)ccc23)CO1)C(=O)OOC(C)=O. The molecule has 0 aliphatic carbocycles. The molecule has 1 saturated heterocycles. The van der Waals surface area contributed by atoms with Crippen molar-refractivity contribution in [2.24, 2.45) is 0 Å². The molecule has 8 nitrogen and oxygen atoms in total. The summed E-state index contributed by atoms with van der Waals surface area (Å²) in [7, 11) is 1.66. The number of benzene rings is 2. The maximum absolute atomic E-state index is 11.9. The summed E-state index contributed by atoms with van der Waals surface area (Å²) < 4.78 is 17.2. The van der Waals surface area contributed by atoms with Crippen LogP contribution in [-0.2, 0) is 24.0 Å². The molecule has 168 valence electrons. The first-order chi connectivity index (χ1) is 15.0. The highest BCUT2D eigenvalue weighted by atomic mass is 17.2. The molecular formula is C23H29NO7. The first-order valence-corrected chi connectivity index (χ1v) is 10.5. The van der Waals surface area contributed by atoms with E-state index >= 15 is 0 Å². The molecule has 1 fully saturated rings. The van der Waals surface area contributed by atoms with Crippen LogP contribution in [-0.4, -0.2) is 56.7 Å². The van der Waals surface area contributed by atoms with Crippen molar-refractivity contribution >= 4 is 22.8 Å². The third-order valence-electron chi connectivity index (χ3n) is 5.27. The summed E-state index contributed by atoms with van der Waals surface area (Å²) in [5.41, 5.74) is 1.20. The number of hydrogen-bond donors (Lipinski definition) is 0. The molecule has 3 rings (SSSR count). The number of amides is 1. The topological polar surface area (TPSA) is 83.5 Å². The fourth-order valence-corrected chi connectivity index (χ4v) is 3.63. The van der Waals surface area contributed by atoms with Crippen molar-refractivity contribution in [2.45, 2.75) is 38.9 Å². The lowest BCUT2D eigenvalue weighted by Crippen LogP contribution is -2.35. The molecule has 0 saturated carbocycles. The van der Waals surface area contributed by atoms with E-state index in [-0.39, 0.29) is 12.2 Å². The summed E-state index contributed by atoms with van der Waals surface area (Å²) in [6, 6.07) is 12.3. The van der Waals surface area contributed by atoms with Crippen LogP contribution >= 0.6 is 0 Å². The minimum absolute atomic E-state index is 0.152. The molecule has 0 unspecified atom stereocenters. The summed E-state index contributed by atoms with van der Waals surface area (Å²) in [6.07, 6.45) is 0.328. The molecule has 31 heavy (non-hydrogen) atoms. The summed E-state index contributed by atoms with van der Waals surface area (Å²) in [4.78, 5) is 32.8. The Bertz CT molecular complexity index is 893. The summed E-state index contributed by atoms with van der Waals surface area (Å²) in [6.45, 7) is 5.04. The Balaban J connectivity index is 1.48. The molecule has 1 aliphatic rings. The predicted octanol–water partition coefficient (Wildman–Crippen LogP) is 4.02. The van der Waals surface area contributed by atoms with Crippen molar-refractivity contribution in [3.63, 3.8) is 0 Å². The van der Waals surface area contributed by atoms with Crippen LogP contribution < -0.4 is 4.74 Å². The van der Waals surface area contributed by atoms with Crippen LogP contribution in [0.5, 0.6) is 5.75 Å². The predicted molar refractivity (Wildman–Crippen MR) is 114 cm³/mol. The van der Waals surface area contributed by atoms with Gasteiger partial charge in [0.15, 0.2) is 6.29 Å². The first-order valence-electron chi connectivity index (χ1n) is 10.5. The van der Waals surface area contributed by atoms with E-state index in [1.165, 1.54) is 22.8 Å². The molecule has 0 radical (unpaired) electrons. The highest BCUT2D eigenvalue weighted by molar-refractivity contribution is 5.87. The van der Waals surface area contributed by atoms with E-state index in [4.69, 9.17) is 14.2 Å². The van der Waals surface area contributed by atoms with E-state index in [0.717, 1.165) is 11.1 Å². The average molecular weight is 431 g/mol. The standard InChI is InChI=1S/C23H29NO7/c1-4-24(23(26)31-30-16(2)25)12-6-9-22-28-14-18(15-29-22)20-8-5-7-17-13-19(27-3)10-11-21(17)20/h5,7-8,10-11,13,18,22H,4,6,9,12,14-15H2,1-3H3. The smallest absolute Gasteiger partial charge is 0.453 e. The molecule has 2 aromatic carbocycles. The molecule has 0 N–H and O–H groups in total. The van der Waals surface area contributed by atoms with Crippen LogP contribution in [0.2, 0.25) is 0 Å². The maximum atomic E-state index is 11.9. The Morgan fingerprint density at radius 2 is 1.90 bits per heavy atom. The largest absolute Gasteiger partial charge is 0.497 e. The Labute approximate surface area is 181 Å². The van der Waals surface area contributed by atoms with Crippen LogP contribution in [0.4, 0.5) is 4.79 Å². The summed E-state index contributed by atoms with van der Waals surface area (Å²) >= 11 is 0. The monoisotopic (exact) mass is 431 g/mol. The minimum Gasteiger partial charge on any atom is -0.497 e. The van der Waals surface area contributed by atoms with E-state index < -0.39 is 12.1 Å². The number of carbonyl (C=O) groups is 2. The Hall–Kier alpha value is -2.84. The highest BCUT2D eigenvalue weighted by Crippen LogP contribution is 2.31. The zero-order valence-electron chi connectivity index (χ0n) is 18.2. The van der Waals surface area contributed by atoms with Gasteiger partial charge in [-0.1, -0.05) is 24.3 Å². The number of carbonyl (C=O) groups excluding carboxylic acids is 2. The molecule has 2 aromatic rings. The van der Waals surface area contributed by atoms with Crippen molar-refractivity contribution in [3.8, 4) is 5.75 Å². The lowest BCUT2D eigenvalue weighted by atomic mass is 9.94. The zero-order chi connectivity index (χ0) is 22.2. The molecule has 1 aliphatic heterocycles. The molecule has 0 aromatic heterocycles. The van der Waals surface area contributed by atoms with Crippen molar-refractivity contribution in [1.29, 1.82) is 0 Å². The van der Waals surface area contributed by atoms with Gasteiger partial charge in [0, 0.05) is 32.4 Å². The van der Waals surface area contributed by atoms with Gasteiger partial charge in [0.1, 0.15) is 5.75 Å². The van der Waals surface area contributed by atoms with Gasteiger partial charge >= 0.3 is 12.1 Å². The van der Waals surface area contributed by atoms with E-state index in [1.807, 2.05) is 25.1 Å². The van der Waals surface area contributed by atoms with E-state index in [9.17, 15) is 9.59 Å². The number of nitrogens with zero attached hydrogens (tertiary/aromatic N) is 1. The van der Waals surface area contributed by atoms with Crippen molar-refractivity contribution in [2.75, 3.05) is 33.4 Å². The van der Waals surface area contributed by atoms with Gasteiger partial charge in [-0.25, -0.2) is 19.4 Å². The molecule has 1 amide bonds. The number of ether oxygens (including phenoxy) is 3. The third-order valence-corrected chi connectivity index (χ3v) is 5.27. The zero-order valence-corrected chi connectivity index (χ0v) is 18.2. The van der Waals surface area contributed by atoms with Crippen molar-refractivity contribution < 1.29 is 33.6 Å². The van der Waals surface area contributed by atoms with E-state index in [0.29, 0.717) is 39.1 Å². The fourth-order valence-electron chi connectivity index (χ4n) is 3.63. The minimum atomic E-state index is -0.684. The number of methoxy groups -OCH3 is 1. The van der Waals surface area contributed by atoms with Crippen LogP contribution in [0.3, 0.4) is 0 Å². The number of hydrogen-bond acceptors (Lipinski definition) is 7. The molecule has 8 heteroatoms. The maximum Gasteiger partial charge on any atom is 0.453 e. The molecule has 1 heterocycles. The van der Waals surface area contributed by atoms with Gasteiger partial charge in [-0.05, 0) is 41.8 Å². The van der Waals surface area contributed by atoms with Gasteiger partial charge in [-0.15, -0.1) is 0 Å². The summed E-state index contributed by atoms with van der Waals surface area (Å²) in [5, 5.41) is 2.29. The van der Waals surface area contributed by atoms with Crippen LogP contribution in [0.1, 0.15) is 38.2 Å². The van der Waals surface area contributed by atoms with Gasteiger partial charge in [-0.3, -0.25) is 0 Å². The van der Waals surface area contributed by atoms with Gasteiger partial charge in [0.2, 0.25) is 0 Å². The van der Waals surface area contributed by atoms with Gasteiger partial charge in [-0.2, -0.15) is 0 Å². The number of fused-ring (bicyclic) bond motifs is 1. The highest BCUT2D eigenvalue weighted by Gasteiger charge is 2.25. The second-order valence-corrected chi connectivity index (χ2v) is 7.37. The number of rotatable bonds is 7. The normalized spacial score (nSPS) is 18.4. The Morgan fingerprint density at radius 1 is 1.13 bits per heavy atom. The molecular weight excluding hydrogens is 402 g/mol. The van der Waals surface area contributed by atoms with Crippen LogP contribution in [0.25, 0.3) is 10.8 Å². The van der Waals surface area contributed by atoms with Crippen LogP contribution in [0.15, 0.2) is 36.4 Å². The third kappa shape index (κ3) is 6.08. The van der Waals surface area contributed by atoms with Gasteiger partial charge in [0.05, 0.1) is 20.3 Å². The van der Waals surface area contributed by atoms with Gasteiger partial charge < -0.3 is 19.1 Å². The fraction of sp³-hybridized carbons (Fsp3) is 0.478. The van der Waals surface area contributed by atoms with Crippen LogP contribution in [0, 0.1) is 0 Å². The van der Waals surface area contributed by atoms with E-state index in [1.54, 1.807) is 7.11 Å². The average Bonchev–Trinajstić information content (AvgIpc) is 2.80. The lowest BCUT2D eigenvalue weighted by molar-refractivity contribution is -0.234. The first kappa shape index (κ1) is 22.8. The molecule has 0 spiro atoms. The second kappa shape index (κ2) is 11.0. The lowest BCUT2D eigenvalue weighted by Gasteiger charge is -2.30. The molecule has 0 atom stereocenters. The quantitative estimate of drug-likeness (QED) is 0.484. The van der Waals surface area contributed by atoms with Crippen molar-refractivity contribution in [3.05, 3.63) is 42.0 Å². The Kier molecular flexibility index (Phi) is 8.08. The molecule has 0 bridgehead atoms. The van der Waals surface area contributed by atoms with Gasteiger partial charge in [0.25, 0.3) is 0 Å². The Morgan fingerprint density at radius 3 is 2.58 bits per heavy atom. The summed E-state index contributed by atoms with van der Waals surface area (Å²) in [5.74, 6) is 0.311. The van der Waals surface area contributed by atoms with Crippen molar-refractivity contribution in [1.82, 2.24) is 4.90 Å².